The summed E-state index contributed by atoms with van der Waals surface area (Å²) >= 11 is 0. The predicted octanol–water partition coefficient (Wildman–Crippen LogP) is 4.50. The fourth-order valence-electron chi connectivity index (χ4n) is 4.82. The lowest BCUT2D eigenvalue weighted by atomic mass is 9.67. The molecule has 20 heavy (non-hydrogen) atoms. The first kappa shape index (κ1) is 16.3. The molecule has 4 unspecified atom stereocenters. The summed E-state index contributed by atoms with van der Waals surface area (Å²) in [6, 6.07) is 0.576. The third-order valence-electron chi connectivity index (χ3n) is 6.44. The molecule has 118 valence electrons. The van der Waals surface area contributed by atoms with Crippen LogP contribution in [0, 0.1) is 29.6 Å². The average molecular weight is 280 g/mol. The summed E-state index contributed by atoms with van der Waals surface area (Å²) in [7, 11) is 0. The van der Waals surface area contributed by atoms with Gasteiger partial charge in [0, 0.05) is 6.04 Å². The maximum atomic E-state index is 5.96. The maximum absolute atomic E-state index is 5.96. The van der Waals surface area contributed by atoms with Crippen LogP contribution in [0.3, 0.4) is 0 Å². The van der Waals surface area contributed by atoms with Crippen molar-refractivity contribution in [2.75, 3.05) is 0 Å². The summed E-state index contributed by atoms with van der Waals surface area (Å²) in [4.78, 5) is 0. The van der Waals surface area contributed by atoms with E-state index < -0.39 is 0 Å². The van der Waals surface area contributed by atoms with Gasteiger partial charge in [0.1, 0.15) is 0 Å². The first-order valence-corrected chi connectivity index (χ1v) is 9.11. The third kappa shape index (κ3) is 3.98. The topological polar surface area (TPSA) is 38.0 Å². The lowest BCUT2D eigenvalue weighted by Gasteiger charge is -2.42. The van der Waals surface area contributed by atoms with Crippen molar-refractivity contribution in [1.82, 2.24) is 5.43 Å². The van der Waals surface area contributed by atoms with Crippen LogP contribution in [-0.4, -0.2) is 6.04 Å². The van der Waals surface area contributed by atoms with E-state index in [0.29, 0.717) is 6.04 Å². The lowest BCUT2D eigenvalue weighted by Crippen LogP contribution is -2.48. The average Bonchev–Trinajstić information content (AvgIpc) is 2.46. The molecule has 0 bridgehead atoms. The smallest absolute Gasteiger partial charge is 0.0267 e. The summed E-state index contributed by atoms with van der Waals surface area (Å²) in [5, 5.41) is 0. The Morgan fingerprint density at radius 2 is 1.60 bits per heavy atom. The van der Waals surface area contributed by atoms with Crippen molar-refractivity contribution in [2.24, 2.45) is 35.4 Å². The standard InChI is InChI=1S/C18H36N2/c1-4-5-15-7-10-16(11-8-15)18(20-19)17-9-6-13(2)14(3)12-17/h13-18,20H,4-12,19H2,1-3H3. The van der Waals surface area contributed by atoms with Gasteiger partial charge in [0.15, 0.2) is 0 Å². The molecule has 0 aromatic heterocycles. The van der Waals surface area contributed by atoms with E-state index >= 15 is 0 Å². The summed E-state index contributed by atoms with van der Waals surface area (Å²) in [6.45, 7) is 7.17. The predicted molar refractivity (Wildman–Crippen MR) is 87.1 cm³/mol. The van der Waals surface area contributed by atoms with Crippen LogP contribution in [0.25, 0.3) is 0 Å². The van der Waals surface area contributed by atoms with Crippen LogP contribution in [0.2, 0.25) is 0 Å². The molecule has 0 aromatic carbocycles. The molecule has 2 saturated carbocycles. The molecule has 3 N–H and O–H groups in total. The zero-order valence-corrected chi connectivity index (χ0v) is 13.9. The number of hydrogen-bond donors (Lipinski definition) is 2. The van der Waals surface area contributed by atoms with E-state index in [4.69, 9.17) is 5.84 Å². The van der Waals surface area contributed by atoms with Gasteiger partial charge in [-0.05, 0) is 55.3 Å². The quantitative estimate of drug-likeness (QED) is 0.575. The minimum Gasteiger partial charge on any atom is -0.271 e. The maximum Gasteiger partial charge on any atom is 0.0267 e. The normalized spacial score (nSPS) is 40.5. The van der Waals surface area contributed by atoms with Crippen molar-refractivity contribution in [3.8, 4) is 0 Å². The molecular weight excluding hydrogens is 244 g/mol. The van der Waals surface area contributed by atoms with Crippen molar-refractivity contribution in [2.45, 2.75) is 84.6 Å². The Morgan fingerprint density at radius 3 is 2.15 bits per heavy atom. The Labute approximate surface area is 126 Å². The van der Waals surface area contributed by atoms with E-state index in [1.165, 1.54) is 57.8 Å². The second kappa shape index (κ2) is 7.79. The Morgan fingerprint density at radius 1 is 0.950 bits per heavy atom. The van der Waals surface area contributed by atoms with Crippen LogP contribution in [0.4, 0.5) is 0 Å². The minimum absolute atomic E-state index is 0.576. The van der Waals surface area contributed by atoms with Gasteiger partial charge in [-0.15, -0.1) is 0 Å². The Kier molecular flexibility index (Phi) is 6.35. The zero-order chi connectivity index (χ0) is 14.5. The first-order valence-electron chi connectivity index (χ1n) is 9.11. The van der Waals surface area contributed by atoms with E-state index in [1.807, 2.05) is 0 Å². The highest BCUT2D eigenvalue weighted by Crippen LogP contribution is 2.41. The van der Waals surface area contributed by atoms with Crippen LogP contribution in [-0.2, 0) is 0 Å². The highest BCUT2D eigenvalue weighted by molar-refractivity contribution is 4.89. The van der Waals surface area contributed by atoms with Gasteiger partial charge in [0.05, 0.1) is 0 Å². The second-order valence-corrected chi connectivity index (χ2v) is 7.79. The van der Waals surface area contributed by atoms with Gasteiger partial charge >= 0.3 is 0 Å². The molecule has 0 saturated heterocycles. The second-order valence-electron chi connectivity index (χ2n) is 7.79. The Bertz CT molecular complexity index is 271. The van der Waals surface area contributed by atoms with Crippen molar-refractivity contribution < 1.29 is 0 Å². The summed E-state index contributed by atoms with van der Waals surface area (Å²) in [6.07, 6.45) is 12.6. The van der Waals surface area contributed by atoms with E-state index in [9.17, 15) is 0 Å². The molecule has 0 aromatic rings. The number of hydrazine groups is 1. The highest BCUT2D eigenvalue weighted by atomic mass is 15.2. The molecule has 2 aliphatic carbocycles. The van der Waals surface area contributed by atoms with Crippen molar-refractivity contribution >= 4 is 0 Å². The fourth-order valence-corrected chi connectivity index (χ4v) is 4.82. The van der Waals surface area contributed by atoms with E-state index in [0.717, 1.165) is 29.6 Å². The van der Waals surface area contributed by atoms with Crippen molar-refractivity contribution in [3.05, 3.63) is 0 Å². The largest absolute Gasteiger partial charge is 0.271 e. The summed E-state index contributed by atoms with van der Waals surface area (Å²) < 4.78 is 0. The fraction of sp³-hybridized carbons (Fsp3) is 1.00. The van der Waals surface area contributed by atoms with Crippen LogP contribution >= 0.6 is 0 Å². The number of hydrogen-bond acceptors (Lipinski definition) is 2. The molecular formula is C18H36N2. The van der Waals surface area contributed by atoms with E-state index in [1.54, 1.807) is 0 Å². The van der Waals surface area contributed by atoms with Gasteiger partial charge < -0.3 is 0 Å². The summed E-state index contributed by atoms with van der Waals surface area (Å²) in [5.74, 6) is 10.4. The van der Waals surface area contributed by atoms with Crippen LogP contribution in [0.15, 0.2) is 0 Å². The van der Waals surface area contributed by atoms with Gasteiger partial charge in [-0.1, -0.05) is 52.9 Å². The van der Waals surface area contributed by atoms with Crippen LogP contribution in [0.5, 0.6) is 0 Å². The molecule has 0 radical (unpaired) electrons. The number of nitrogens with one attached hydrogen (secondary N) is 1. The van der Waals surface area contributed by atoms with Gasteiger partial charge in [-0.2, -0.15) is 0 Å². The molecule has 2 heteroatoms. The summed E-state index contributed by atoms with van der Waals surface area (Å²) in [5.41, 5.74) is 3.22. The van der Waals surface area contributed by atoms with Gasteiger partial charge in [-0.3, -0.25) is 11.3 Å². The Hall–Kier alpha value is -0.0800. The molecule has 0 amide bonds. The molecule has 2 aliphatic rings. The molecule has 0 spiro atoms. The Balaban J connectivity index is 1.86. The molecule has 0 heterocycles. The molecule has 2 nitrogen and oxygen atoms in total. The van der Waals surface area contributed by atoms with Gasteiger partial charge in [0.2, 0.25) is 0 Å². The zero-order valence-electron chi connectivity index (χ0n) is 13.9. The lowest BCUT2D eigenvalue weighted by molar-refractivity contribution is 0.113. The van der Waals surface area contributed by atoms with E-state index in [2.05, 4.69) is 26.2 Å². The van der Waals surface area contributed by atoms with Gasteiger partial charge in [-0.25, -0.2) is 0 Å². The SMILES string of the molecule is CCCC1CCC(C(NN)C2CCC(C)C(C)C2)CC1. The molecule has 2 fully saturated rings. The third-order valence-corrected chi connectivity index (χ3v) is 6.44. The molecule has 0 aliphatic heterocycles. The molecule has 4 atom stereocenters. The van der Waals surface area contributed by atoms with Crippen molar-refractivity contribution in [3.63, 3.8) is 0 Å². The van der Waals surface area contributed by atoms with E-state index in [-0.39, 0.29) is 0 Å². The highest BCUT2D eigenvalue weighted by Gasteiger charge is 2.35. The number of rotatable bonds is 5. The first-order chi connectivity index (χ1) is 9.65. The monoisotopic (exact) mass is 280 g/mol. The minimum atomic E-state index is 0.576. The van der Waals surface area contributed by atoms with Crippen molar-refractivity contribution in [1.29, 1.82) is 0 Å². The van der Waals surface area contributed by atoms with Crippen LogP contribution in [0.1, 0.15) is 78.6 Å². The molecule has 2 rings (SSSR count). The number of nitrogens with two attached hydrogens (primary N) is 1. The van der Waals surface area contributed by atoms with Crippen LogP contribution < -0.4 is 11.3 Å². The van der Waals surface area contributed by atoms with Gasteiger partial charge in [0.25, 0.3) is 0 Å².